The van der Waals surface area contributed by atoms with E-state index in [9.17, 15) is 24.0 Å². The number of likely N-dealkylation sites (tertiary alicyclic amines) is 1. The minimum absolute atomic E-state index is 0.0563. The smallest absolute Gasteiger partial charge is 0.261 e. The maximum absolute atomic E-state index is 12.0. The predicted octanol–water partition coefficient (Wildman–Crippen LogP) is -0.126. The molecule has 0 spiro atoms. The van der Waals surface area contributed by atoms with E-state index >= 15 is 0 Å². The zero-order chi connectivity index (χ0) is 19.0. The topological polar surface area (TPSA) is 116 Å². The minimum Gasteiger partial charge on any atom is -0.332 e. The van der Waals surface area contributed by atoms with Gasteiger partial charge in [0.25, 0.3) is 11.8 Å². The third-order valence-electron chi connectivity index (χ3n) is 4.06. The number of nitrogens with zero attached hydrogens (tertiary/aromatic N) is 2. The van der Waals surface area contributed by atoms with E-state index in [1.54, 1.807) is 6.07 Å². The van der Waals surface area contributed by atoms with Gasteiger partial charge in [0.2, 0.25) is 17.7 Å². The standard InChI is InChI=1S/C16H14N4O5S/c1-19-14(24)9-3-2-8(6-10(9)15(19)25)17-16(26)18-11(21)7-20-12(22)4-5-13(20)23/h2-3,6H,4-5,7H2,1H3,(H2,17,18,21,26). The average Bonchev–Trinajstić information content (AvgIpc) is 3.01. The quantitative estimate of drug-likeness (QED) is 0.559. The van der Waals surface area contributed by atoms with Crippen molar-refractivity contribution in [3.05, 3.63) is 29.3 Å². The number of carbonyl (C=O) groups is 5. The highest BCUT2D eigenvalue weighted by Crippen LogP contribution is 2.24. The Balaban J connectivity index is 1.61. The highest BCUT2D eigenvalue weighted by Gasteiger charge is 2.33. The Labute approximate surface area is 153 Å². The molecule has 5 amide bonds. The van der Waals surface area contributed by atoms with Crippen LogP contribution in [0.25, 0.3) is 0 Å². The normalized spacial score (nSPS) is 16.2. The van der Waals surface area contributed by atoms with E-state index in [0.717, 1.165) is 9.80 Å². The molecule has 2 aliphatic heterocycles. The molecule has 0 bridgehead atoms. The SMILES string of the molecule is CN1C(=O)c2ccc(NC(=S)NC(=O)CN3C(=O)CCC3=O)cc2C1=O. The molecule has 26 heavy (non-hydrogen) atoms. The number of nitrogens with one attached hydrogen (secondary N) is 2. The summed E-state index contributed by atoms with van der Waals surface area (Å²) in [7, 11) is 1.39. The molecule has 2 N–H and O–H groups in total. The second-order valence-electron chi connectivity index (χ2n) is 5.81. The number of hydrogen-bond donors (Lipinski definition) is 2. The number of anilines is 1. The van der Waals surface area contributed by atoms with Crippen LogP contribution in [-0.4, -0.2) is 58.0 Å². The first kappa shape index (κ1) is 17.7. The molecule has 1 aromatic rings. The lowest BCUT2D eigenvalue weighted by Gasteiger charge is -2.14. The van der Waals surface area contributed by atoms with E-state index in [1.807, 2.05) is 0 Å². The Morgan fingerprint density at radius 1 is 1.08 bits per heavy atom. The lowest BCUT2D eigenvalue weighted by molar-refractivity contribution is -0.142. The van der Waals surface area contributed by atoms with Gasteiger partial charge in [0.15, 0.2) is 5.11 Å². The van der Waals surface area contributed by atoms with Crippen LogP contribution in [0.4, 0.5) is 5.69 Å². The number of fused-ring (bicyclic) bond motifs is 1. The first-order valence-electron chi connectivity index (χ1n) is 7.68. The molecule has 1 saturated heterocycles. The van der Waals surface area contributed by atoms with Crippen LogP contribution in [0, 0.1) is 0 Å². The summed E-state index contributed by atoms with van der Waals surface area (Å²) < 4.78 is 0. The highest BCUT2D eigenvalue weighted by atomic mass is 32.1. The fourth-order valence-electron chi connectivity index (χ4n) is 2.71. The molecule has 9 nitrogen and oxygen atoms in total. The molecule has 0 aliphatic carbocycles. The molecule has 0 saturated carbocycles. The molecule has 0 radical (unpaired) electrons. The van der Waals surface area contributed by atoms with Crippen LogP contribution in [0.2, 0.25) is 0 Å². The second kappa shape index (κ2) is 6.64. The summed E-state index contributed by atoms with van der Waals surface area (Å²) in [6, 6.07) is 4.51. The molecule has 2 aliphatic rings. The first-order valence-corrected chi connectivity index (χ1v) is 8.09. The van der Waals surface area contributed by atoms with E-state index < -0.39 is 30.2 Å². The van der Waals surface area contributed by atoms with Crippen molar-refractivity contribution in [3.63, 3.8) is 0 Å². The fourth-order valence-corrected chi connectivity index (χ4v) is 2.94. The van der Waals surface area contributed by atoms with Crippen molar-refractivity contribution >= 4 is 52.6 Å². The van der Waals surface area contributed by atoms with Crippen molar-refractivity contribution in [1.29, 1.82) is 0 Å². The highest BCUT2D eigenvalue weighted by molar-refractivity contribution is 7.80. The summed E-state index contributed by atoms with van der Waals surface area (Å²) in [5.41, 5.74) is 0.952. The maximum Gasteiger partial charge on any atom is 0.261 e. The lowest BCUT2D eigenvalue weighted by atomic mass is 10.1. The summed E-state index contributed by atoms with van der Waals surface area (Å²) in [6.45, 7) is -0.401. The van der Waals surface area contributed by atoms with Crippen molar-refractivity contribution in [2.75, 3.05) is 18.9 Å². The molecular weight excluding hydrogens is 360 g/mol. The maximum atomic E-state index is 12.0. The van der Waals surface area contributed by atoms with Gasteiger partial charge in [-0.1, -0.05) is 0 Å². The van der Waals surface area contributed by atoms with Gasteiger partial charge in [0, 0.05) is 25.6 Å². The van der Waals surface area contributed by atoms with E-state index in [0.29, 0.717) is 11.3 Å². The summed E-state index contributed by atoms with van der Waals surface area (Å²) in [4.78, 5) is 60.7. The van der Waals surface area contributed by atoms with E-state index in [1.165, 1.54) is 19.2 Å². The van der Waals surface area contributed by atoms with Crippen molar-refractivity contribution in [1.82, 2.24) is 15.1 Å². The average molecular weight is 374 g/mol. The van der Waals surface area contributed by atoms with Crippen LogP contribution in [0.15, 0.2) is 18.2 Å². The monoisotopic (exact) mass is 374 g/mol. The number of carbonyl (C=O) groups excluding carboxylic acids is 5. The Bertz CT molecular complexity index is 865. The Morgan fingerprint density at radius 3 is 2.35 bits per heavy atom. The molecule has 1 fully saturated rings. The molecule has 2 heterocycles. The summed E-state index contributed by atoms with van der Waals surface area (Å²) in [5, 5.41) is 5.04. The molecule has 1 aromatic carbocycles. The van der Waals surface area contributed by atoms with E-state index in [-0.39, 0.29) is 29.4 Å². The van der Waals surface area contributed by atoms with Crippen LogP contribution in [-0.2, 0) is 14.4 Å². The largest absolute Gasteiger partial charge is 0.332 e. The van der Waals surface area contributed by atoms with Crippen molar-refractivity contribution in [2.45, 2.75) is 12.8 Å². The zero-order valence-electron chi connectivity index (χ0n) is 13.7. The molecule has 134 valence electrons. The summed E-state index contributed by atoms with van der Waals surface area (Å²) in [6.07, 6.45) is 0.205. The Kier molecular flexibility index (Phi) is 4.51. The Morgan fingerprint density at radius 2 is 1.69 bits per heavy atom. The molecule has 0 atom stereocenters. The Hall–Kier alpha value is -3.14. The predicted molar refractivity (Wildman–Crippen MR) is 93.2 cm³/mol. The van der Waals surface area contributed by atoms with Gasteiger partial charge in [-0.2, -0.15) is 0 Å². The van der Waals surface area contributed by atoms with Gasteiger partial charge in [-0.3, -0.25) is 33.8 Å². The first-order chi connectivity index (χ1) is 12.3. The molecule has 0 aromatic heterocycles. The van der Waals surface area contributed by atoms with Crippen molar-refractivity contribution < 1.29 is 24.0 Å². The van der Waals surface area contributed by atoms with Gasteiger partial charge in [-0.05, 0) is 30.4 Å². The van der Waals surface area contributed by atoms with Crippen LogP contribution in [0.3, 0.4) is 0 Å². The molecule has 10 heteroatoms. The van der Waals surface area contributed by atoms with Crippen LogP contribution < -0.4 is 10.6 Å². The van der Waals surface area contributed by atoms with E-state index in [2.05, 4.69) is 10.6 Å². The summed E-state index contributed by atoms with van der Waals surface area (Å²) >= 11 is 5.02. The number of hydrogen-bond acceptors (Lipinski definition) is 6. The molecular formula is C16H14N4O5S. The van der Waals surface area contributed by atoms with Gasteiger partial charge in [0.05, 0.1) is 11.1 Å². The minimum atomic E-state index is -0.613. The van der Waals surface area contributed by atoms with Crippen molar-refractivity contribution in [3.8, 4) is 0 Å². The molecule has 3 rings (SSSR count). The number of thiocarbonyl (C=S) groups is 1. The van der Waals surface area contributed by atoms with Gasteiger partial charge in [0.1, 0.15) is 6.54 Å². The summed E-state index contributed by atoms with van der Waals surface area (Å²) in [5.74, 6) is -2.20. The fraction of sp³-hybridized carbons (Fsp3) is 0.250. The van der Waals surface area contributed by atoms with Crippen LogP contribution >= 0.6 is 12.2 Å². The van der Waals surface area contributed by atoms with Gasteiger partial charge in [-0.25, -0.2) is 0 Å². The number of rotatable bonds is 3. The van der Waals surface area contributed by atoms with E-state index in [4.69, 9.17) is 12.2 Å². The van der Waals surface area contributed by atoms with Gasteiger partial charge in [-0.15, -0.1) is 0 Å². The number of benzene rings is 1. The third-order valence-corrected chi connectivity index (χ3v) is 4.26. The van der Waals surface area contributed by atoms with Crippen LogP contribution in [0.5, 0.6) is 0 Å². The van der Waals surface area contributed by atoms with Gasteiger partial charge < -0.3 is 10.6 Å². The second-order valence-corrected chi connectivity index (χ2v) is 6.21. The van der Waals surface area contributed by atoms with Crippen LogP contribution in [0.1, 0.15) is 33.6 Å². The zero-order valence-corrected chi connectivity index (χ0v) is 14.5. The lowest BCUT2D eigenvalue weighted by Crippen LogP contribution is -2.43. The van der Waals surface area contributed by atoms with Crippen molar-refractivity contribution in [2.24, 2.45) is 0 Å². The number of imide groups is 2. The third kappa shape index (κ3) is 3.18. The van der Waals surface area contributed by atoms with Gasteiger partial charge >= 0.3 is 0 Å². The number of amides is 5. The molecule has 0 unspecified atom stereocenters.